The maximum atomic E-state index is 13.1. The Morgan fingerprint density at radius 2 is 1.49 bits per heavy atom. The summed E-state index contributed by atoms with van der Waals surface area (Å²) >= 11 is 0. The van der Waals surface area contributed by atoms with Gasteiger partial charge in [0.2, 0.25) is 0 Å². The molecule has 0 aliphatic carbocycles. The summed E-state index contributed by atoms with van der Waals surface area (Å²) in [5, 5.41) is 5.91. The number of methoxy groups -OCH3 is 1. The predicted molar refractivity (Wildman–Crippen MR) is 141 cm³/mol. The van der Waals surface area contributed by atoms with Crippen LogP contribution < -0.4 is 25.2 Å². The number of piperazine rings is 1. The third kappa shape index (κ3) is 5.74. The summed E-state index contributed by atoms with van der Waals surface area (Å²) in [6.07, 6.45) is 0.850. The van der Waals surface area contributed by atoms with Gasteiger partial charge in [0.15, 0.2) is 0 Å². The summed E-state index contributed by atoms with van der Waals surface area (Å²) in [5.74, 6) is 0.521. The van der Waals surface area contributed by atoms with Gasteiger partial charge in [-0.05, 0) is 48.9 Å². The second-order valence-corrected chi connectivity index (χ2v) is 8.45. The van der Waals surface area contributed by atoms with E-state index >= 15 is 0 Å². The van der Waals surface area contributed by atoms with Gasteiger partial charge >= 0.3 is 0 Å². The summed E-state index contributed by atoms with van der Waals surface area (Å²) in [6.45, 7) is 5.77. The van der Waals surface area contributed by atoms with Crippen LogP contribution in [0.25, 0.3) is 0 Å². The van der Waals surface area contributed by atoms with E-state index in [-0.39, 0.29) is 11.8 Å². The van der Waals surface area contributed by atoms with E-state index < -0.39 is 0 Å². The van der Waals surface area contributed by atoms with Crippen LogP contribution >= 0.6 is 0 Å². The molecular formula is C28H32N4O3. The molecule has 1 saturated heterocycles. The number of nitrogens with one attached hydrogen (secondary N) is 2. The molecule has 3 aromatic rings. The van der Waals surface area contributed by atoms with Gasteiger partial charge in [0.25, 0.3) is 11.8 Å². The largest absolute Gasteiger partial charge is 0.495 e. The molecule has 1 aliphatic rings. The fourth-order valence-corrected chi connectivity index (χ4v) is 4.28. The zero-order valence-electron chi connectivity index (χ0n) is 20.3. The highest BCUT2D eigenvalue weighted by molar-refractivity contribution is 6.06. The van der Waals surface area contributed by atoms with Crippen LogP contribution in [0.1, 0.15) is 34.1 Å². The standard InChI is InChI=1S/C28H32N4O3/c1-3-15-29-28(34)23-20-22(30-27(33)21-9-5-4-6-10-21)13-14-24(23)31-16-18-32(19-17-31)25-11-7-8-12-26(25)35-2/h4-14,20H,3,15-19H2,1-2H3,(H,29,34)(H,30,33). The van der Waals surface area contributed by atoms with Crippen molar-refractivity contribution in [2.24, 2.45) is 0 Å². The van der Waals surface area contributed by atoms with Crippen molar-refractivity contribution in [3.05, 3.63) is 83.9 Å². The van der Waals surface area contributed by atoms with Crippen molar-refractivity contribution in [2.45, 2.75) is 13.3 Å². The van der Waals surface area contributed by atoms with Crippen molar-refractivity contribution in [3.63, 3.8) is 0 Å². The van der Waals surface area contributed by atoms with Crippen LogP contribution in [0.5, 0.6) is 5.75 Å². The monoisotopic (exact) mass is 472 g/mol. The molecule has 2 amide bonds. The molecule has 7 heteroatoms. The first-order valence-electron chi connectivity index (χ1n) is 12.0. The van der Waals surface area contributed by atoms with Crippen molar-refractivity contribution in [2.75, 3.05) is 55.0 Å². The molecule has 2 N–H and O–H groups in total. The Balaban J connectivity index is 1.53. The minimum atomic E-state index is -0.205. The highest BCUT2D eigenvalue weighted by Crippen LogP contribution is 2.31. The lowest BCUT2D eigenvalue weighted by Crippen LogP contribution is -2.47. The zero-order chi connectivity index (χ0) is 24.6. The number of hydrogen-bond acceptors (Lipinski definition) is 5. The van der Waals surface area contributed by atoms with E-state index in [1.165, 1.54) is 0 Å². The Hall–Kier alpha value is -4.00. The SMILES string of the molecule is CCCNC(=O)c1cc(NC(=O)c2ccccc2)ccc1N1CCN(c2ccccc2OC)CC1. The lowest BCUT2D eigenvalue weighted by Gasteiger charge is -2.38. The molecule has 0 saturated carbocycles. The van der Waals surface area contributed by atoms with Gasteiger partial charge in [-0.3, -0.25) is 9.59 Å². The molecule has 4 rings (SSSR count). The second kappa shape index (κ2) is 11.4. The number of amides is 2. The van der Waals surface area contributed by atoms with Crippen molar-refractivity contribution < 1.29 is 14.3 Å². The molecular weight excluding hydrogens is 440 g/mol. The van der Waals surface area contributed by atoms with Gasteiger partial charge < -0.3 is 25.2 Å². The molecule has 1 aliphatic heterocycles. The van der Waals surface area contributed by atoms with Crippen LogP contribution in [0, 0.1) is 0 Å². The Kier molecular flexibility index (Phi) is 7.88. The van der Waals surface area contributed by atoms with Crippen molar-refractivity contribution in [1.82, 2.24) is 5.32 Å². The minimum Gasteiger partial charge on any atom is -0.495 e. The third-order valence-electron chi connectivity index (χ3n) is 6.12. The smallest absolute Gasteiger partial charge is 0.255 e. The zero-order valence-corrected chi connectivity index (χ0v) is 20.3. The van der Waals surface area contributed by atoms with Crippen molar-refractivity contribution in [1.29, 1.82) is 0 Å². The van der Waals surface area contributed by atoms with E-state index in [2.05, 4.69) is 26.5 Å². The quantitative estimate of drug-likeness (QED) is 0.508. The molecule has 0 spiro atoms. The van der Waals surface area contributed by atoms with Gasteiger partial charge in [-0.1, -0.05) is 37.3 Å². The fourth-order valence-electron chi connectivity index (χ4n) is 4.28. The summed E-state index contributed by atoms with van der Waals surface area (Å²) < 4.78 is 5.53. The van der Waals surface area contributed by atoms with Gasteiger partial charge in [0.05, 0.1) is 18.4 Å². The molecule has 3 aromatic carbocycles. The molecule has 0 bridgehead atoms. The molecule has 0 unspecified atom stereocenters. The molecule has 35 heavy (non-hydrogen) atoms. The van der Waals surface area contributed by atoms with Crippen LogP contribution in [0.2, 0.25) is 0 Å². The normalized spacial score (nSPS) is 13.3. The highest BCUT2D eigenvalue weighted by Gasteiger charge is 2.23. The maximum Gasteiger partial charge on any atom is 0.255 e. The number of nitrogens with zero attached hydrogens (tertiary/aromatic N) is 2. The van der Waals surface area contributed by atoms with Gasteiger partial charge in [-0.2, -0.15) is 0 Å². The third-order valence-corrected chi connectivity index (χ3v) is 6.12. The molecule has 182 valence electrons. The maximum absolute atomic E-state index is 13.1. The van der Waals surface area contributed by atoms with Crippen LogP contribution in [-0.4, -0.2) is 51.6 Å². The van der Waals surface area contributed by atoms with E-state index in [1.807, 2.05) is 55.5 Å². The number of hydrogen-bond donors (Lipinski definition) is 2. The first kappa shape index (κ1) is 24.1. The van der Waals surface area contributed by atoms with Crippen LogP contribution in [0.4, 0.5) is 17.1 Å². The van der Waals surface area contributed by atoms with E-state index in [4.69, 9.17) is 4.74 Å². The number of carbonyl (C=O) groups is 2. The average molecular weight is 473 g/mol. The number of anilines is 3. The topological polar surface area (TPSA) is 73.9 Å². The first-order valence-corrected chi connectivity index (χ1v) is 12.0. The second-order valence-electron chi connectivity index (χ2n) is 8.45. The summed E-state index contributed by atoms with van der Waals surface area (Å²) in [4.78, 5) is 30.2. The van der Waals surface area contributed by atoms with Crippen LogP contribution in [0.3, 0.4) is 0 Å². The molecule has 1 fully saturated rings. The summed E-state index contributed by atoms with van der Waals surface area (Å²) in [6, 6.07) is 22.6. The summed E-state index contributed by atoms with van der Waals surface area (Å²) in [5.41, 5.74) is 3.68. The van der Waals surface area contributed by atoms with Gasteiger partial charge in [-0.15, -0.1) is 0 Å². The molecule has 0 radical (unpaired) electrons. The number of ether oxygens (including phenoxy) is 1. The van der Waals surface area contributed by atoms with Gasteiger partial charge in [0, 0.05) is 49.7 Å². The Morgan fingerprint density at radius 3 is 2.17 bits per heavy atom. The Bertz CT molecular complexity index is 1160. The fraction of sp³-hybridized carbons (Fsp3) is 0.286. The van der Waals surface area contributed by atoms with Crippen molar-refractivity contribution >= 4 is 28.9 Å². The van der Waals surface area contributed by atoms with Crippen molar-refractivity contribution in [3.8, 4) is 5.75 Å². The van der Waals surface area contributed by atoms with E-state index in [0.29, 0.717) is 23.4 Å². The molecule has 0 aromatic heterocycles. The van der Waals surface area contributed by atoms with E-state index in [9.17, 15) is 9.59 Å². The van der Waals surface area contributed by atoms with Gasteiger partial charge in [0.1, 0.15) is 5.75 Å². The molecule has 0 atom stereocenters. The molecule has 1 heterocycles. The van der Waals surface area contributed by atoms with Crippen LogP contribution in [-0.2, 0) is 0 Å². The van der Waals surface area contributed by atoms with E-state index in [0.717, 1.165) is 49.7 Å². The summed E-state index contributed by atoms with van der Waals surface area (Å²) in [7, 11) is 1.69. The molecule has 7 nitrogen and oxygen atoms in total. The lowest BCUT2D eigenvalue weighted by molar-refractivity contribution is 0.0952. The van der Waals surface area contributed by atoms with E-state index in [1.54, 1.807) is 25.3 Å². The Morgan fingerprint density at radius 1 is 0.829 bits per heavy atom. The minimum absolute atomic E-state index is 0.134. The average Bonchev–Trinajstić information content (AvgIpc) is 2.92. The van der Waals surface area contributed by atoms with Crippen LogP contribution in [0.15, 0.2) is 72.8 Å². The number of para-hydroxylation sites is 2. The number of rotatable bonds is 8. The first-order chi connectivity index (χ1) is 17.1. The van der Waals surface area contributed by atoms with Gasteiger partial charge in [-0.25, -0.2) is 0 Å². The Labute approximate surface area is 206 Å². The number of carbonyl (C=O) groups excluding carboxylic acids is 2. The predicted octanol–water partition coefficient (Wildman–Crippen LogP) is 4.41. The highest BCUT2D eigenvalue weighted by atomic mass is 16.5. The number of benzene rings is 3. The lowest BCUT2D eigenvalue weighted by atomic mass is 10.1.